The van der Waals surface area contributed by atoms with Gasteiger partial charge in [0.05, 0.1) is 7.11 Å². The van der Waals surface area contributed by atoms with Crippen molar-refractivity contribution in [1.82, 2.24) is 0 Å². The number of methoxy groups -OCH3 is 1. The largest absolute Gasteiger partial charge is 0.497 e. The molecule has 0 N–H and O–H groups in total. The lowest BCUT2D eigenvalue weighted by atomic mass is 10.1. The Bertz CT molecular complexity index is 1650. The minimum atomic E-state index is -6.22. The summed E-state index contributed by atoms with van der Waals surface area (Å²) in [5.74, 6) is -21.0. The van der Waals surface area contributed by atoms with Crippen molar-refractivity contribution in [2.45, 2.75) is 16.7 Å². The highest BCUT2D eigenvalue weighted by atomic mass is 32.2. The van der Waals surface area contributed by atoms with Gasteiger partial charge in [-0.2, -0.15) is 8.78 Å². The zero-order chi connectivity index (χ0) is 28.8. The molecule has 0 spiro atoms. The van der Waals surface area contributed by atoms with E-state index < -0.39 is 77.5 Å². The fourth-order valence-corrected chi connectivity index (χ4v) is 5.10. The van der Waals surface area contributed by atoms with E-state index in [1.807, 2.05) is 0 Å². The summed E-state index contributed by atoms with van der Waals surface area (Å²) in [4.78, 5) is -4.98. The van der Waals surface area contributed by atoms with Crippen LogP contribution in [0.3, 0.4) is 0 Å². The summed E-state index contributed by atoms with van der Waals surface area (Å²) in [6.45, 7) is 0.559. The highest BCUT2D eigenvalue weighted by molar-refractivity contribution is 7.91. The molecule has 4 aromatic carbocycles. The van der Waals surface area contributed by atoms with Crippen LogP contribution in [0.25, 0.3) is 11.1 Å². The van der Waals surface area contributed by atoms with Crippen LogP contribution in [0, 0.1) is 53.5 Å². The van der Waals surface area contributed by atoms with E-state index in [4.69, 9.17) is 9.47 Å². The second-order valence-electron chi connectivity index (χ2n) is 7.98. The fraction of sp³-hybridized carbons (Fsp3) is 0.0769. The van der Waals surface area contributed by atoms with Crippen LogP contribution in [-0.4, -0.2) is 15.5 Å². The Labute approximate surface area is 216 Å². The molecule has 4 nitrogen and oxygen atoms in total. The smallest absolute Gasteiger partial charge is 0.218 e. The molecule has 39 heavy (non-hydrogen) atoms. The lowest BCUT2D eigenvalue weighted by Gasteiger charge is -2.15. The van der Waals surface area contributed by atoms with E-state index in [-0.39, 0.29) is 5.75 Å². The summed E-state index contributed by atoms with van der Waals surface area (Å²) in [5.41, 5.74) is 0.0326. The zero-order valence-electron chi connectivity index (χ0n) is 19.7. The Morgan fingerprint density at radius 1 is 0.538 bits per heavy atom. The summed E-state index contributed by atoms with van der Waals surface area (Å²) in [6, 6.07) is 12.0. The van der Waals surface area contributed by atoms with Crippen LogP contribution >= 0.6 is 0 Å². The van der Waals surface area contributed by atoms with Gasteiger partial charge in [-0.25, -0.2) is 34.8 Å². The van der Waals surface area contributed by atoms with Crippen LogP contribution in [0.15, 0.2) is 58.3 Å². The molecule has 0 aliphatic rings. The van der Waals surface area contributed by atoms with Gasteiger partial charge < -0.3 is 9.47 Å². The maximum absolute atomic E-state index is 14.8. The van der Waals surface area contributed by atoms with Crippen LogP contribution in [0.2, 0.25) is 0 Å². The molecule has 0 aromatic heterocycles. The van der Waals surface area contributed by atoms with Crippen LogP contribution in [0.5, 0.6) is 17.2 Å². The lowest BCUT2D eigenvalue weighted by Crippen LogP contribution is -2.17. The van der Waals surface area contributed by atoms with Gasteiger partial charge >= 0.3 is 0 Å². The number of rotatable bonds is 6. The van der Waals surface area contributed by atoms with E-state index in [2.05, 4.69) is 0 Å². The number of halogens is 8. The molecule has 13 heteroatoms. The topological polar surface area (TPSA) is 52.6 Å². The summed E-state index contributed by atoms with van der Waals surface area (Å²) in [5, 5.41) is 0. The van der Waals surface area contributed by atoms with Crippen molar-refractivity contribution >= 4 is 9.84 Å². The van der Waals surface area contributed by atoms with E-state index >= 15 is 0 Å². The predicted octanol–water partition coefficient (Wildman–Crippen LogP) is 7.41. The number of ether oxygens (including phenoxy) is 2. The normalized spacial score (nSPS) is 11.5. The molecular weight excluding hydrogens is 560 g/mol. The lowest BCUT2D eigenvalue weighted by molar-refractivity contribution is 0.350. The summed E-state index contributed by atoms with van der Waals surface area (Å²) < 4.78 is 151. The van der Waals surface area contributed by atoms with Gasteiger partial charge in [0.2, 0.25) is 27.2 Å². The average molecular weight is 574 g/mol. The van der Waals surface area contributed by atoms with E-state index in [1.165, 1.54) is 31.4 Å². The van der Waals surface area contributed by atoms with Crippen LogP contribution in [0.1, 0.15) is 5.56 Å². The van der Waals surface area contributed by atoms with E-state index in [0.717, 1.165) is 0 Å². The molecule has 0 amide bonds. The Morgan fingerprint density at radius 2 is 0.897 bits per heavy atom. The molecule has 0 atom stereocenters. The Balaban J connectivity index is 1.76. The van der Waals surface area contributed by atoms with Gasteiger partial charge in [-0.05, 0) is 42.3 Å². The van der Waals surface area contributed by atoms with Crippen molar-refractivity contribution in [2.75, 3.05) is 7.11 Å². The molecule has 0 aliphatic carbocycles. The molecule has 0 radical (unpaired) electrons. The van der Waals surface area contributed by atoms with Gasteiger partial charge in [0, 0.05) is 5.56 Å². The Kier molecular flexibility index (Phi) is 7.30. The third-order valence-corrected chi connectivity index (χ3v) is 7.45. The van der Waals surface area contributed by atoms with Crippen LogP contribution in [-0.2, 0) is 9.84 Å². The highest BCUT2D eigenvalue weighted by Gasteiger charge is 2.40. The quantitative estimate of drug-likeness (QED) is 0.178. The van der Waals surface area contributed by atoms with Crippen molar-refractivity contribution in [1.29, 1.82) is 0 Å². The monoisotopic (exact) mass is 574 g/mol. The molecule has 0 heterocycles. The SMILES string of the molecule is COc1ccc(-c2ccc(Oc3c(F)c(F)c(S(=O)(=O)c4c(F)c(F)c(C)c(F)c4F)c(F)c3F)cc2)cc1. The molecule has 4 rings (SSSR count). The molecular formula is C26H14F8O4S. The molecule has 0 aliphatic heterocycles. The number of hydrogen-bond acceptors (Lipinski definition) is 4. The average Bonchev–Trinajstić information content (AvgIpc) is 2.92. The van der Waals surface area contributed by atoms with Gasteiger partial charge in [0.15, 0.2) is 34.9 Å². The fourth-order valence-electron chi connectivity index (χ4n) is 3.59. The van der Waals surface area contributed by atoms with Gasteiger partial charge in [-0.1, -0.05) is 24.3 Å². The highest BCUT2D eigenvalue weighted by Crippen LogP contribution is 2.39. The van der Waals surface area contributed by atoms with E-state index in [1.54, 1.807) is 24.3 Å². The molecule has 0 fully saturated rings. The third-order valence-electron chi connectivity index (χ3n) is 5.66. The van der Waals surface area contributed by atoms with Crippen molar-refractivity contribution in [3.05, 3.63) is 101 Å². The molecule has 0 bridgehead atoms. The van der Waals surface area contributed by atoms with Gasteiger partial charge in [0.1, 0.15) is 21.3 Å². The Morgan fingerprint density at radius 3 is 1.28 bits per heavy atom. The summed E-state index contributed by atoms with van der Waals surface area (Å²) in [6.07, 6.45) is 0. The molecule has 0 unspecified atom stereocenters. The first kappa shape index (κ1) is 27.9. The predicted molar refractivity (Wildman–Crippen MR) is 121 cm³/mol. The van der Waals surface area contributed by atoms with Crippen molar-refractivity contribution in [3.63, 3.8) is 0 Å². The first-order chi connectivity index (χ1) is 18.3. The molecule has 4 aromatic rings. The number of hydrogen-bond donors (Lipinski definition) is 0. The van der Waals surface area contributed by atoms with Crippen molar-refractivity contribution in [3.8, 4) is 28.4 Å². The van der Waals surface area contributed by atoms with Gasteiger partial charge in [-0.15, -0.1) is 0 Å². The summed E-state index contributed by atoms with van der Waals surface area (Å²) in [7, 11) is -4.75. The van der Waals surface area contributed by atoms with E-state index in [0.29, 0.717) is 23.8 Å². The standard InChI is InChI=1S/C26H14F8O4S/c1-11-16(27)20(31)25(21(32)17(11)28)39(35,36)26-22(33)18(29)24(19(30)23(26)34)38-15-9-5-13(6-10-15)12-3-7-14(37-2)8-4-12/h3-10H,1-2H3. The maximum atomic E-state index is 14.8. The maximum Gasteiger partial charge on any atom is 0.218 e. The second-order valence-corrected chi connectivity index (χ2v) is 9.81. The minimum Gasteiger partial charge on any atom is -0.497 e. The zero-order valence-corrected chi connectivity index (χ0v) is 20.5. The van der Waals surface area contributed by atoms with E-state index in [9.17, 15) is 43.5 Å². The number of sulfone groups is 1. The molecule has 0 saturated heterocycles. The number of benzene rings is 4. The first-order valence-corrected chi connectivity index (χ1v) is 12.1. The first-order valence-electron chi connectivity index (χ1n) is 10.7. The van der Waals surface area contributed by atoms with Gasteiger partial charge in [-0.3, -0.25) is 0 Å². The van der Waals surface area contributed by atoms with Crippen LogP contribution < -0.4 is 9.47 Å². The van der Waals surface area contributed by atoms with Crippen LogP contribution in [0.4, 0.5) is 35.1 Å². The van der Waals surface area contributed by atoms with Gasteiger partial charge in [0.25, 0.3) is 0 Å². The van der Waals surface area contributed by atoms with Crippen molar-refractivity contribution < 1.29 is 53.0 Å². The Hall–Kier alpha value is -4.13. The van der Waals surface area contributed by atoms with Crippen molar-refractivity contribution in [2.24, 2.45) is 0 Å². The molecule has 204 valence electrons. The minimum absolute atomic E-state index is 0.334. The third kappa shape index (κ3) is 4.67. The molecule has 0 saturated carbocycles. The second kappa shape index (κ2) is 10.2. The summed E-state index contributed by atoms with van der Waals surface area (Å²) >= 11 is 0.